The van der Waals surface area contributed by atoms with Crippen LogP contribution in [-0.4, -0.2) is 12.9 Å². The van der Waals surface area contributed by atoms with E-state index in [9.17, 15) is 4.79 Å². The Morgan fingerprint density at radius 1 is 1.22 bits per heavy atom. The second-order valence-electron chi connectivity index (χ2n) is 4.28. The molecule has 3 nitrogen and oxygen atoms in total. The average molecular weight is 244 g/mol. The van der Waals surface area contributed by atoms with Gasteiger partial charge in [-0.1, -0.05) is 18.2 Å². The number of hydrogen-bond donors (Lipinski definition) is 0. The van der Waals surface area contributed by atoms with Crippen molar-refractivity contribution in [2.75, 3.05) is 7.11 Å². The van der Waals surface area contributed by atoms with Gasteiger partial charge in [0.15, 0.2) is 5.76 Å². The van der Waals surface area contributed by atoms with Gasteiger partial charge in [0, 0.05) is 12.7 Å². The maximum absolute atomic E-state index is 12.3. The lowest BCUT2D eigenvalue weighted by molar-refractivity contribution is 0.0999. The van der Waals surface area contributed by atoms with Crippen LogP contribution in [-0.2, 0) is 11.3 Å². The van der Waals surface area contributed by atoms with Crippen molar-refractivity contribution in [3.8, 4) is 0 Å². The Balaban J connectivity index is 2.32. The molecule has 1 heterocycles. The molecule has 1 aromatic heterocycles. The lowest BCUT2D eigenvalue weighted by Crippen LogP contribution is -2.03. The van der Waals surface area contributed by atoms with E-state index in [0.29, 0.717) is 23.7 Å². The first-order chi connectivity index (χ1) is 8.63. The number of carbonyl (C=O) groups is 1. The number of ether oxygens (including phenoxy) is 1. The summed E-state index contributed by atoms with van der Waals surface area (Å²) in [5.74, 6) is 0.931. The predicted molar refractivity (Wildman–Crippen MR) is 68.8 cm³/mol. The molecule has 0 aliphatic carbocycles. The van der Waals surface area contributed by atoms with E-state index < -0.39 is 0 Å². The van der Waals surface area contributed by atoms with Gasteiger partial charge in [0.2, 0.25) is 5.78 Å². The second kappa shape index (κ2) is 5.19. The minimum absolute atomic E-state index is 0.0847. The zero-order chi connectivity index (χ0) is 13.1. The van der Waals surface area contributed by atoms with Crippen LogP contribution in [0.1, 0.15) is 33.0 Å². The van der Waals surface area contributed by atoms with Crippen LogP contribution < -0.4 is 0 Å². The second-order valence-corrected chi connectivity index (χ2v) is 4.28. The molecule has 0 saturated heterocycles. The first kappa shape index (κ1) is 12.6. The van der Waals surface area contributed by atoms with E-state index in [4.69, 9.17) is 9.15 Å². The van der Waals surface area contributed by atoms with Gasteiger partial charge in [-0.05, 0) is 37.1 Å². The van der Waals surface area contributed by atoms with Gasteiger partial charge in [-0.15, -0.1) is 0 Å². The molecular formula is C15H16O3. The Morgan fingerprint density at radius 3 is 2.72 bits per heavy atom. The summed E-state index contributed by atoms with van der Waals surface area (Å²) in [5, 5.41) is 0. The highest BCUT2D eigenvalue weighted by Gasteiger charge is 2.16. The van der Waals surface area contributed by atoms with Gasteiger partial charge in [0.25, 0.3) is 0 Å². The highest BCUT2D eigenvalue weighted by Crippen LogP contribution is 2.19. The van der Waals surface area contributed by atoms with Crippen molar-refractivity contribution < 1.29 is 13.9 Å². The summed E-state index contributed by atoms with van der Waals surface area (Å²) in [7, 11) is 1.59. The first-order valence-corrected chi connectivity index (χ1v) is 5.82. The molecule has 0 bridgehead atoms. The Kier molecular flexibility index (Phi) is 3.63. The maximum atomic E-state index is 12.3. The summed E-state index contributed by atoms with van der Waals surface area (Å²) >= 11 is 0. The molecule has 18 heavy (non-hydrogen) atoms. The molecule has 0 aliphatic heterocycles. The van der Waals surface area contributed by atoms with Crippen LogP contribution in [0.4, 0.5) is 0 Å². The fraction of sp³-hybridized carbons (Fsp3) is 0.267. The Labute approximate surface area is 106 Å². The average Bonchev–Trinajstić information content (AvgIpc) is 2.81. The molecule has 0 atom stereocenters. The van der Waals surface area contributed by atoms with E-state index in [1.807, 2.05) is 32.0 Å². The summed E-state index contributed by atoms with van der Waals surface area (Å²) in [4.78, 5) is 12.3. The highest BCUT2D eigenvalue weighted by molar-refractivity contribution is 6.08. The molecule has 1 aromatic carbocycles. The normalized spacial score (nSPS) is 10.6. The number of benzene rings is 1. The molecule has 2 rings (SSSR count). The van der Waals surface area contributed by atoms with Gasteiger partial charge < -0.3 is 9.15 Å². The molecule has 0 N–H and O–H groups in total. The van der Waals surface area contributed by atoms with E-state index in [1.165, 1.54) is 0 Å². The number of rotatable bonds is 4. The summed E-state index contributed by atoms with van der Waals surface area (Å²) in [5.41, 5.74) is 2.78. The van der Waals surface area contributed by atoms with Crippen molar-refractivity contribution in [3.05, 3.63) is 58.5 Å². The Bertz CT molecular complexity index is 567. The lowest BCUT2D eigenvalue weighted by atomic mass is 9.99. The molecule has 0 saturated carbocycles. The number of carbonyl (C=O) groups excluding carboxylic acids is 1. The zero-order valence-corrected chi connectivity index (χ0v) is 10.8. The van der Waals surface area contributed by atoms with Gasteiger partial charge in [0.05, 0.1) is 0 Å². The van der Waals surface area contributed by atoms with Gasteiger partial charge >= 0.3 is 0 Å². The Hall–Kier alpha value is -1.87. The molecule has 3 heteroatoms. The van der Waals surface area contributed by atoms with Gasteiger partial charge in [-0.3, -0.25) is 4.79 Å². The molecule has 0 fully saturated rings. The number of ketones is 1. The van der Waals surface area contributed by atoms with Crippen molar-refractivity contribution in [2.24, 2.45) is 0 Å². The fourth-order valence-corrected chi connectivity index (χ4v) is 1.85. The molecule has 0 spiro atoms. The quantitative estimate of drug-likeness (QED) is 0.775. The minimum Gasteiger partial charge on any atom is -0.455 e. The largest absolute Gasteiger partial charge is 0.455 e. The number of methoxy groups -OCH3 is 1. The monoisotopic (exact) mass is 244 g/mol. The van der Waals surface area contributed by atoms with E-state index in [2.05, 4.69) is 0 Å². The van der Waals surface area contributed by atoms with Gasteiger partial charge in [-0.25, -0.2) is 0 Å². The summed E-state index contributed by atoms with van der Waals surface area (Å²) in [6, 6.07) is 9.16. The van der Waals surface area contributed by atoms with Crippen molar-refractivity contribution in [1.29, 1.82) is 0 Å². The molecule has 0 aliphatic rings. The van der Waals surface area contributed by atoms with E-state index >= 15 is 0 Å². The third kappa shape index (κ3) is 2.36. The van der Waals surface area contributed by atoms with Gasteiger partial charge in [-0.2, -0.15) is 0 Å². The van der Waals surface area contributed by atoms with Crippen molar-refractivity contribution in [2.45, 2.75) is 20.5 Å². The highest BCUT2D eigenvalue weighted by atomic mass is 16.5. The van der Waals surface area contributed by atoms with Crippen molar-refractivity contribution in [3.63, 3.8) is 0 Å². The molecule has 0 amide bonds. The summed E-state index contributed by atoms with van der Waals surface area (Å²) < 4.78 is 10.4. The predicted octanol–water partition coefficient (Wildman–Crippen LogP) is 3.27. The third-order valence-corrected chi connectivity index (χ3v) is 3.02. The zero-order valence-electron chi connectivity index (χ0n) is 10.8. The van der Waals surface area contributed by atoms with Crippen LogP contribution in [0.2, 0.25) is 0 Å². The van der Waals surface area contributed by atoms with Crippen LogP contribution in [0.3, 0.4) is 0 Å². The molecule has 0 radical (unpaired) electrons. The van der Waals surface area contributed by atoms with Crippen molar-refractivity contribution >= 4 is 5.78 Å². The third-order valence-electron chi connectivity index (χ3n) is 3.02. The first-order valence-electron chi connectivity index (χ1n) is 5.82. The van der Waals surface area contributed by atoms with E-state index in [0.717, 1.165) is 11.1 Å². The van der Waals surface area contributed by atoms with Crippen LogP contribution in [0.15, 0.2) is 34.7 Å². The van der Waals surface area contributed by atoms with Crippen LogP contribution in [0, 0.1) is 13.8 Å². The molecule has 2 aromatic rings. The smallest absolute Gasteiger partial charge is 0.228 e. The molecule has 0 unspecified atom stereocenters. The minimum atomic E-state index is -0.0847. The standard InChI is InChI=1S/C15H16O3/c1-10-5-4-6-13(11(10)2)15(16)14-8-7-12(18-14)9-17-3/h4-8H,9H2,1-3H3. The van der Waals surface area contributed by atoms with E-state index in [1.54, 1.807) is 19.2 Å². The maximum Gasteiger partial charge on any atom is 0.228 e. The lowest BCUT2D eigenvalue weighted by Gasteiger charge is -2.05. The van der Waals surface area contributed by atoms with Crippen LogP contribution >= 0.6 is 0 Å². The van der Waals surface area contributed by atoms with Crippen LogP contribution in [0.25, 0.3) is 0 Å². The number of aryl methyl sites for hydroxylation is 1. The van der Waals surface area contributed by atoms with E-state index in [-0.39, 0.29) is 5.78 Å². The van der Waals surface area contributed by atoms with Gasteiger partial charge in [0.1, 0.15) is 12.4 Å². The van der Waals surface area contributed by atoms with Crippen LogP contribution in [0.5, 0.6) is 0 Å². The summed E-state index contributed by atoms with van der Waals surface area (Å²) in [6.07, 6.45) is 0. The summed E-state index contributed by atoms with van der Waals surface area (Å²) in [6.45, 7) is 4.31. The SMILES string of the molecule is COCc1ccc(C(=O)c2cccc(C)c2C)o1. The Morgan fingerprint density at radius 2 is 2.00 bits per heavy atom. The fourth-order valence-electron chi connectivity index (χ4n) is 1.85. The topological polar surface area (TPSA) is 39.4 Å². The number of hydrogen-bond acceptors (Lipinski definition) is 3. The molecular weight excluding hydrogens is 228 g/mol. The number of furan rings is 1. The van der Waals surface area contributed by atoms with Crippen molar-refractivity contribution in [1.82, 2.24) is 0 Å². The molecule has 94 valence electrons.